The van der Waals surface area contributed by atoms with Gasteiger partial charge >= 0.3 is 0 Å². The van der Waals surface area contributed by atoms with Crippen LogP contribution in [-0.4, -0.2) is 25.4 Å². The second kappa shape index (κ2) is 8.83. The van der Waals surface area contributed by atoms with Crippen molar-refractivity contribution in [3.63, 3.8) is 0 Å². The highest BCUT2D eigenvalue weighted by atomic mass is 32.1. The lowest BCUT2D eigenvalue weighted by molar-refractivity contribution is 0.190. The first kappa shape index (κ1) is 18.4. The smallest absolute Gasteiger partial charge is 0.190 e. The average molecular weight is 369 g/mol. The summed E-state index contributed by atoms with van der Waals surface area (Å²) in [6.45, 7) is 3.68. The van der Waals surface area contributed by atoms with Gasteiger partial charge in [-0.05, 0) is 55.3 Å². The summed E-state index contributed by atoms with van der Waals surface area (Å²) in [5, 5.41) is 2.17. The summed E-state index contributed by atoms with van der Waals surface area (Å²) in [6.07, 6.45) is 0.942. The van der Waals surface area contributed by atoms with Crippen LogP contribution in [0.15, 0.2) is 58.9 Å². The SMILES string of the molecule is COCCCn1c(-c2ccc(OC)cc2)csc1=Nc1ccc(C)cc1. The standard InChI is InChI=1S/C21H24N2O2S/c1-16-5-9-18(10-6-16)22-21-23(13-4-14-24-2)20(15-26-21)17-7-11-19(25-3)12-8-17/h5-12,15H,4,13-14H2,1-3H3. The molecule has 1 heterocycles. The van der Waals surface area contributed by atoms with Crippen LogP contribution in [0, 0.1) is 6.92 Å². The molecule has 2 aromatic carbocycles. The first-order chi connectivity index (χ1) is 12.7. The van der Waals surface area contributed by atoms with Crippen molar-refractivity contribution in [3.8, 4) is 17.0 Å². The molecule has 5 heteroatoms. The Balaban J connectivity index is 2.01. The third-order valence-electron chi connectivity index (χ3n) is 4.17. The lowest BCUT2D eigenvalue weighted by Gasteiger charge is -2.09. The highest BCUT2D eigenvalue weighted by molar-refractivity contribution is 7.07. The number of ether oxygens (including phenoxy) is 2. The minimum absolute atomic E-state index is 0.731. The molecule has 3 rings (SSSR count). The third-order valence-corrected chi connectivity index (χ3v) is 5.04. The Kier molecular flexibility index (Phi) is 6.26. The highest BCUT2D eigenvalue weighted by Gasteiger charge is 2.08. The second-order valence-electron chi connectivity index (χ2n) is 6.08. The van der Waals surface area contributed by atoms with Crippen LogP contribution in [0.5, 0.6) is 5.75 Å². The molecule has 0 N–H and O–H groups in total. The van der Waals surface area contributed by atoms with E-state index in [1.807, 2.05) is 12.1 Å². The van der Waals surface area contributed by atoms with Crippen LogP contribution in [0.3, 0.4) is 0 Å². The molecular weight excluding hydrogens is 344 g/mol. The Morgan fingerprint density at radius 1 is 1.00 bits per heavy atom. The van der Waals surface area contributed by atoms with Crippen LogP contribution in [0.1, 0.15) is 12.0 Å². The van der Waals surface area contributed by atoms with Crippen molar-refractivity contribution in [2.24, 2.45) is 4.99 Å². The van der Waals surface area contributed by atoms with Crippen molar-refractivity contribution in [3.05, 3.63) is 64.3 Å². The van der Waals surface area contributed by atoms with E-state index in [4.69, 9.17) is 14.5 Å². The van der Waals surface area contributed by atoms with E-state index >= 15 is 0 Å². The maximum Gasteiger partial charge on any atom is 0.190 e. The van der Waals surface area contributed by atoms with Crippen LogP contribution < -0.4 is 9.54 Å². The zero-order chi connectivity index (χ0) is 18.4. The van der Waals surface area contributed by atoms with Crippen molar-refractivity contribution in [2.75, 3.05) is 20.8 Å². The third kappa shape index (κ3) is 4.42. The molecule has 0 radical (unpaired) electrons. The van der Waals surface area contributed by atoms with E-state index in [-0.39, 0.29) is 0 Å². The molecule has 26 heavy (non-hydrogen) atoms. The fraction of sp³-hybridized carbons (Fsp3) is 0.286. The Morgan fingerprint density at radius 2 is 1.73 bits per heavy atom. The van der Waals surface area contributed by atoms with E-state index < -0.39 is 0 Å². The minimum atomic E-state index is 0.731. The second-order valence-corrected chi connectivity index (χ2v) is 6.91. The number of aromatic nitrogens is 1. The van der Waals surface area contributed by atoms with Crippen molar-refractivity contribution >= 4 is 17.0 Å². The molecule has 0 bridgehead atoms. The van der Waals surface area contributed by atoms with Gasteiger partial charge in [0.1, 0.15) is 5.75 Å². The van der Waals surface area contributed by atoms with Gasteiger partial charge in [0.25, 0.3) is 0 Å². The number of hydrogen-bond acceptors (Lipinski definition) is 4. The largest absolute Gasteiger partial charge is 0.497 e. The Hall–Kier alpha value is -2.37. The lowest BCUT2D eigenvalue weighted by atomic mass is 10.1. The number of rotatable bonds is 7. The summed E-state index contributed by atoms with van der Waals surface area (Å²) < 4.78 is 12.8. The van der Waals surface area contributed by atoms with Gasteiger partial charge in [0, 0.05) is 25.6 Å². The van der Waals surface area contributed by atoms with Crippen LogP contribution in [0.2, 0.25) is 0 Å². The monoisotopic (exact) mass is 368 g/mol. The normalized spacial score (nSPS) is 11.7. The Bertz CT molecular complexity index is 893. The van der Waals surface area contributed by atoms with Crippen molar-refractivity contribution < 1.29 is 9.47 Å². The molecule has 0 unspecified atom stereocenters. The first-order valence-electron chi connectivity index (χ1n) is 8.64. The van der Waals surface area contributed by atoms with Gasteiger partial charge in [0.15, 0.2) is 4.80 Å². The molecule has 0 aliphatic rings. The van der Waals surface area contributed by atoms with E-state index in [2.05, 4.69) is 53.3 Å². The molecule has 0 fully saturated rings. The fourth-order valence-corrected chi connectivity index (χ4v) is 3.68. The molecule has 0 atom stereocenters. The molecular formula is C21H24N2O2S. The average Bonchev–Trinajstić information content (AvgIpc) is 3.06. The van der Waals surface area contributed by atoms with Crippen molar-refractivity contribution in [2.45, 2.75) is 19.9 Å². The summed E-state index contributed by atoms with van der Waals surface area (Å²) >= 11 is 1.66. The number of benzene rings is 2. The first-order valence-corrected chi connectivity index (χ1v) is 9.52. The van der Waals surface area contributed by atoms with Crippen LogP contribution in [0.4, 0.5) is 5.69 Å². The summed E-state index contributed by atoms with van der Waals surface area (Å²) in [5.74, 6) is 0.861. The number of hydrogen-bond donors (Lipinski definition) is 0. The molecule has 4 nitrogen and oxygen atoms in total. The van der Waals surface area contributed by atoms with Gasteiger partial charge in [0.05, 0.1) is 18.5 Å². The summed E-state index contributed by atoms with van der Waals surface area (Å²) in [5.41, 5.74) is 4.53. The van der Waals surface area contributed by atoms with Gasteiger partial charge in [-0.3, -0.25) is 0 Å². The van der Waals surface area contributed by atoms with Crippen molar-refractivity contribution in [1.82, 2.24) is 4.57 Å². The van der Waals surface area contributed by atoms with E-state index in [0.29, 0.717) is 0 Å². The maximum absolute atomic E-state index is 5.27. The zero-order valence-corrected chi connectivity index (χ0v) is 16.3. The van der Waals surface area contributed by atoms with E-state index in [1.54, 1.807) is 25.6 Å². The molecule has 1 aromatic heterocycles. The summed E-state index contributed by atoms with van der Waals surface area (Å²) in [6, 6.07) is 16.4. The molecule has 0 saturated carbocycles. The number of aryl methyl sites for hydroxylation is 1. The van der Waals surface area contributed by atoms with E-state index in [1.165, 1.54) is 11.3 Å². The fourth-order valence-electron chi connectivity index (χ4n) is 2.72. The number of methoxy groups -OCH3 is 2. The van der Waals surface area contributed by atoms with Gasteiger partial charge in [-0.1, -0.05) is 17.7 Å². The van der Waals surface area contributed by atoms with Crippen LogP contribution >= 0.6 is 11.3 Å². The van der Waals surface area contributed by atoms with Gasteiger partial charge < -0.3 is 14.0 Å². The van der Waals surface area contributed by atoms with E-state index in [9.17, 15) is 0 Å². The molecule has 0 spiro atoms. The summed E-state index contributed by atoms with van der Waals surface area (Å²) in [7, 11) is 3.42. The van der Waals surface area contributed by atoms with Gasteiger partial charge in [-0.15, -0.1) is 11.3 Å². The van der Waals surface area contributed by atoms with Crippen LogP contribution in [-0.2, 0) is 11.3 Å². The predicted octanol–water partition coefficient (Wildman–Crippen LogP) is 4.80. The molecule has 0 amide bonds. The lowest BCUT2D eigenvalue weighted by Crippen LogP contribution is -2.17. The highest BCUT2D eigenvalue weighted by Crippen LogP contribution is 2.24. The summed E-state index contributed by atoms with van der Waals surface area (Å²) in [4.78, 5) is 5.85. The van der Waals surface area contributed by atoms with Gasteiger partial charge in [0.2, 0.25) is 0 Å². The topological polar surface area (TPSA) is 35.8 Å². The quantitative estimate of drug-likeness (QED) is 0.562. The molecule has 3 aromatic rings. The predicted molar refractivity (Wildman–Crippen MR) is 107 cm³/mol. The Labute approximate surface area is 158 Å². The maximum atomic E-state index is 5.27. The number of nitrogens with zero attached hydrogens (tertiary/aromatic N) is 2. The molecule has 0 aliphatic heterocycles. The van der Waals surface area contributed by atoms with E-state index in [0.717, 1.165) is 41.4 Å². The van der Waals surface area contributed by atoms with Gasteiger partial charge in [-0.2, -0.15) is 0 Å². The minimum Gasteiger partial charge on any atom is -0.497 e. The molecule has 136 valence electrons. The number of thiazole rings is 1. The molecule has 0 aliphatic carbocycles. The van der Waals surface area contributed by atoms with Crippen LogP contribution in [0.25, 0.3) is 11.3 Å². The zero-order valence-electron chi connectivity index (χ0n) is 15.4. The Morgan fingerprint density at radius 3 is 2.38 bits per heavy atom. The van der Waals surface area contributed by atoms with Crippen molar-refractivity contribution in [1.29, 1.82) is 0 Å². The van der Waals surface area contributed by atoms with Gasteiger partial charge in [-0.25, -0.2) is 4.99 Å². The molecule has 0 saturated heterocycles.